The standard InChI is InChI=1S/C8H2F5N3O/c9-2-1(7-15-8(14)16-17-7)3(10)5(12)6(13)4(2)11/h(H2,14,16). The molecule has 0 amide bonds. The second-order valence-corrected chi connectivity index (χ2v) is 2.90. The smallest absolute Gasteiger partial charge is 0.265 e. The van der Waals surface area contributed by atoms with Gasteiger partial charge in [-0.3, -0.25) is 0 Å². The third-order valence-corrected chi connectivity index (χ3v) is 1.87. The summed E-state index contributed by atoms with van der Waals surface area (Å²) in [5.74, 6) is -12.0. The van der Waals surface area contributed by atoms with Gasteiger partial charge in [0.2, 0.25) is 5.82 Å². The molecule has 90 valence electrons. The summed E-state index contributed by atoms with van der Waals surface area (Å²) in [6.07, 6.45) is 0. The predicted molar refractivity (Wildman–Crippen MR) is 43.9 cm³/mol. The highest BCUT2D eigenvalue weighted by molar-refractivity contribution is 5.56. The second-order valence-electron chi connectivity index (χ2n) is 2.90. The lowest BCUT2D eigenvalue weighted by Gasteiger charge is -2.03. The highest BCUT2D eigenvalue weighted by atomic mass is 19.2. The molecule has 0 spiro atoms. The average Bonchev–Trinajstić information content (AvgIpc) is 2.71. The third-order valence-electron chi connectivity index (χ3n) is 1.87. The Morgan fingerprint density at radius 2 is 1.29 bits per heavy atom. The van der Waals surface area contributed by atoms with Crippen LogP contribution in [0.15, 0.2) is 4.52 Å². The number of benzene rings is 1. The van der Waals surface area contributed by atoms with Gasteiger partial charge in [0.1, 0.15) is 5.56 Å². The highest BCUT2D eigenvalue weighted by Gasteiger charge is 2.29. The Morgan fingerprint density at radius 1 is 0.824 bits per heavy atom. The molecule has 0 atom stereocenters. The summed E-state index contributed by atoms with van der Waals surface area (Å²) in [6, 6.07) is 0. The van der Waals surface area contributed by atoms with Crippen LogP contribution < -0.4 is 5.73 Å². The topological polar surface area (TPSA) is 64.9 Å². The van der Waals surface area contributed by atoms with E-state index in [-0.39, 0.29) is 0 Å². The van der Waals surface area contributed by atoms with E-state index in [1.54, 1.807) is 0 Å². The fraction of sp³-hybridized carbons (Fsp3) is 0. The van der Waals surface area contributed by atoms with E-state index in [9.17, 15) is 22.0 Å². The lowest BCUT2D eigenvalue weighted by Crippen LogP contribution is -2.04. The fourth-order valence-electron chi connectivity index (χ4n) is 1.13. The lowest BCUT2D eigenvalue weighted by molar-refractivity contribution is 0.373. The van der Waals surface area contributed by atoms with E-state index < -0.39 is 46.5 Å². The van der Waals surface area contributed by atoms with E-state index in [1.165, 1.54) is 0 Å². The number of rotatable bonds is 1. The maximum atomic E-state index is 13.2. The number of anilines is 1. The van der Waals surface area contributed by atoms with E-state index in [0.29, 0.717) is 0 Å². The summed E-state index contributed by atoms with van der Waals surface area (Å²) < 4.78 is 69.0. The maximum Gasteiger partial charge on any atom is 0.265 e. The minimum Gasteiger partial charge on any atom is -0.365 e. The second kappa shape index (κ2) is 3.68. The van der Waals surface area contributed by atoms with Crippen LogP contribution in [0.4, 0.5) is 27.9 Å². The van der Waals surface area contributed by atoms with Gasteiger partial charge < -0.3 is 10.3 Å². The number of hydrogen-bond acceptors (Lipinski definition) is 4. The number of nitrogens with zero attached hydrogens (tertiary/aromatic N) is 2. The monoisotopic (exact) mass is 251 g/mol. The minimum absolute atomic E-state index is 0.496. The molecule has 2 rings (SSSR count). The van der Waals surface area contributed by atoms with E-state index in [1.807, 2.05) is 0 Å². The van der Waals surface area contributed by atoms with Crippen molar-refractivity contribution in [2.24, 2.45) is 0 Å². The molecular weight excluding hydrogens is 249 g/mol. The van der Waals surface area contributed by atoms with Crippen LogP contribution in [0.25, 0.3) is 11.5 Å². The molecule has 17 heavy (non-hydrogen) atoms. The quantitative estimate of drug-likeness (QED) is 0.478. The summed E-state index contributed by atoms with van der Waals surface area (Å²) in [4.78, 5) is 3.18. The minimum atomic E-state index is -2.27. The normalized spacial score (nSPS) is 10.9. The zero-order valence-corrected chi connectivity index (χ0v) is 7.77. The SMILES string of the molecule is Nc1noc(-c2c(F)c(F)c(F)c(F)c2F)n1. The first kappa shape index (κ1) is 11.3. The summed E-state index contributed by atoms with van der Waals surface area (Å²) in [6.45, 7) is 0. The van der Waals surface area contributed by atoms with E-state index in [2.05, 4.69) is 14.7 Å². The molecule has 1 aromatic carbocycles. The summed E-state index contributed by atoms with van der Waals surface area (Å²) in [7, 11) is 0. The number of hydrogen-bond donors (Lipinski definition) is 1. The van der Waals surface area contributed by atoms with E-state index >= 15 is 0 Å². The molecule has 1 aromatic heterocycles. The number of aromatic nitrogens is 2. The first-order valence-corrected chi connectivity index (χ1v) is 4.04. The predicted octanol–water partition coefficient (Wildman–Crippen LogP) is 2.01. The Kier molecular flexibility index (Phi) is 2.45. The van der Waals surface area contributed by atoms with Crippen LogP contribution in [-0.2, 0) is 0 Å². The van der Waals surface area contributed by atoms with Gasteiger partial charge in [-0.15, -0.1) is 0 Å². The summed E-state index contributed by atoms with van der Waals surface area (Å²) in [5, 5.41) is 2.98. The third kappa shape index (κ3) is 1.59. The van der Waals surface area contributed by atoms with Gasteiger partial charge in [-0.2, -0.15) is 4.98 Å². The molecule has 2 aromatic rings. The number of nitrogens with two attached hydrogens (primary N) is 1. The highest BCUT2D eigenvalue weighted by Crippen LogP contribution is 2.30. The molecule has 0 saturated heterocycles. The van der Waals surface area contributed by atoms with E-state index in [0.717, 1.165) is 0 Å². The molecule has 0 saturated carbocycles. The van der Waals surface area contributed by atoms with Crippen LogP contribution >= 0.6 is 0 Å². The molecule has 0 radical (unpaired) electrons. The van der Waals surface area contributed by atoms with Crippen molar-refractivity contribution in [1.82, 2.24) is 10.1 Å². The van der Waals surface area contributed by atoms with Gasteiger partial charge in [0.15, 0.2) is 23.3 Å². The molecule has 0 bridgehead atoms. The van der Waals surface area contributed by atoms with Crippen molar-refractivity contribution >= 4 is 5.95 Å². The van der Waals surface area contributed by atoms with Crippen LogP contribution in [0.3, 0.4) is 0 Å². The van der Waals surface area contributed by atoms with Gasteiger partial charge in [-0.05, 0) is 5.16 Å². The van der Waals surface area contributed by atoms with Crippen molar-refractivity contribution in [2.75, 3.05) is 5.73 Å². The molecule has 0 fully saturated rings. The molecular formula is C8H2F5N3O. The van der Waals surface area contributed by atoms with Crippen molar-refractivity contribution in [3.8, 4) is 11.5 Å². The Hall–Kier alpha value is -2.19. The summed E-state index contributed by atoms with van der Waals surface area (Å²) in [5.41, 5.74) is 3.69. The zero-order chi connectivity index (χ0) is 12.7. The molecule has 0 aliphatic heterocycles. The molecule has 9 heteroatoms. The van der Waals surface area contributed by atoms with Crippen LogP contribution in [0.1, 0.15) is 0 Å². The van der Waals surface area contributed by atoms with Crippen LogP contribution in [0.5, 0.6) is 0 Å². The van der Waals surface area contributed by atoms with Crippen molar-refractivity contribution < 1.29 is 26.5 Å². The van der Waals surface area contributed by atoms with Gasteiger partial charge in [0.05, 0.1) is 0 Å². The van der Waals surface area contributed by atoms with E-state index in [4.69, 9.17) is 5.73 Å². The van der Waals surface area contributed by atoms with Crippen molar-refractivity contribution in [3.63, 3.8) is 0 Å². The van der Waals surface area contributed by atoms with Crippen molar-refractivity contribution in [1.29, 1.82) is 0 Å². The van der Waals surface area contributed by atoms with Crippen LogP contribution in [0.2, 0.25) is 0 Å². The largest absolute Gasteiger partial charge is 0.365 e. The molecule has 4 nitrogen and oxygen atoms in total. The fourth-order valence-corrected chi connectivity index (χ4v) is 1.13. The first-order chi connectivity index (χ1) is 7.93. The van der Waals surface area contributed by atoms with Crippen LogP contribution in [-0.4, -0.2) is 10.1 Å². The molecule has 2 N–H and O–H groups in total. The van der Waals surface area contributed by atoms with Crippen molar-refractivity contribution in [2.45, 2.75) is 0 Å². The first-order valence-electron chi connectivity index (χ1n) is 4.04. The average molecular weight is 251 g/mol. The summed E-state index contributed by atoms with van der Waals surface area (Å²) >= 11 is 0. The van der Waals surface area contributed by atoms with Crippen molar-refractivity contribution in [3.05, 3.63) is 29.1 Å². The number of nitrogen functional groups attached to an aromatic ring is 1. The lowest BCUT2D eigenvalue weighted by atomic mass is 10.1. The van der Waals surface area contributed by atoms with Gasteiger partial charge in [0, 0.05) is 0 Å². The van der Waals surface area contributed by atoms with Gasteiger partial charge in [0.25, 0.3) is 11.8 Å². The maximum absolute atomic E-state index is 13.2. The van der Waals surface area contributed by atoms with Crippen LogP contribution in [0, 0.1) is 29.1 Å². The van der Waals surface area contributed by atoms with Gasteiger partial charge in [-0.1, -0.05) is 0 Å². The Morgan fingerprint density at radius 3 is 1.71 bits per heavy atom. The molecule has 1 heterocycles. The Labute approximate surface area is 89.8 Å². The molecule has 0 aliphatic carbocycles. The Bertz CT molecular complexity index is 568. The number of halogens is 5. The Balaban J connectivity index is 2.78. The molecule has 0 unspecified atom stereocenters. The van der Waals surface area contributed by atoms with Gasteiger partial charge >= 0.3 is 0 Å². The molecule has 0 aliphatic rings. The zero-order valence-electron chi connectivity index (χ0n) is 7.77. The van der Waals surface area contributed by atoms with Gasteiger partial charge in [-0.25, -0.2) is 22.0 Å².